The SMILES string of the molecule is Cc1cc(C(C)NC(=O)Nc2cccc(CN)c2)c(C)o1. The van der Waals surface area contributed by atoms with E-state index in [0.29, 0.717) is 6.54 Å². The van der Waals surface area contributed by atoms with E-state index in [2.05, 4.69) is 10.6 Å². The molecule has 0 saturated carbocycles. The average molecular weight is 287 g/mol. The fraction of sp³-hybridized carbons (Fsp3) is 0.312. The summed E-state index contributed by atoms with van der Waals surface area (Å²) in [6.07, 6.45) is 0. The highest BCUT2D eigenvalue weighted by Crippen LogP contribution is 2.21. The van der Waals surface area contributed by atoms with Crippen LogP contribution in [0.3, 0.4) is 0 Å². The number of nitrogens with one attached hydrogen (secondary N) is 2. The van der Waals surface area contributed by atoms with E-state index >= 15 is 0 Å². The van der Waals surface area contributed by atoms with Crippen molar-refractivity contribution < 1.29 is 9.21 Å². The molecule has 0 saturated heterocycles. The fourth-order valence-corrected chi connectivity index (χ4v) is 2.30. The number of anilines is 1. The molecule has 21 heavy (non-hydrogen) atoms. The van der Waals surface area contributed by atoms with Crippen LogP contribution in [-0.4, -0.2) is 6.03 Å². The lowest BCUT2D eigenvalue weighted by Gasteiger charge is -2.14. The highest BCUT2D eigenvalue weighted by Gasteiger charge is 2.15. The van der Waals surface area contributed by atoms with Crippen LogP contribution in [0.1, 0.15) is 35.6 Å². The summed E-state index contributed by atoms with van der Waals surface area (Å²) in [5.41, 5.74) is 8.27. The molecule has 5 nitrogen and oxygen atoms in total. The largest absolute Gasteiger partial charge is 0.466 e. The Morgan fingerprint density at radius 3 is 2.71 bits per heavy atom. The van der Waals surface area contributed by atoms with Gasteiger partial charge in [-0.25, -0.2) is 4.79 Å². The van der Waals surface area contributed by atoms with Gasteiger partial charge in [-0.05, 0) is 44.5 Å². The molecule has 0 radical (unpaired) electrons. The Morgan fingerprint density at radius 1 is 1.33 bits per heavy atom. The van der Waals surface area contributed by atoms with E-state index in [4.69, 9.17) is 10.2 Å². The Bertz CT molecular complexity index is 634. The number of furan rings is 1. The zero-order valence-corrected chi connectivity index (χ0v) is 12.6. The summed E-state index contributed by atoms with van der Waals surface area (Å²) in [5.74, 6) is 1.66. The molecule has 0 bridgehead atoms. The number of urea groups is 1. The third-order valence-corrected chi connectivity index (χ3v) is 3.31. The number of amides is 2. The lowest BCUT2D eigenvalue weighted by molar-refractivity contribution is 0.249. The monoisotopic (exact) mass is 287 g/mol. The molecule has 4 N–H and O–H groups in total. The Morgan fingerprint density at radius 2 is 2.10 bits per heavy atom. The summed E-state index contributed by atoms with van der Waals surface area (Å²) < 4.78 is 5.48. The van der Waals surface area contributed by atoms with Gasteiger partial charge >= 0.3 is 6.03 Å². The van der Waals surface area contributed by atoms with E-state index in [-0.39, 0.29) is 12.1 Å². The van der Waals surface area contributed by atoms with Crippen LogP contribution in [-0.2, 0) is 6.54 Å². The summed E-state index contributed by atoms with van der Waals surface area (Å²) in [6, 6.07) is 9.03. The summed E-state index contributed by atoms with van der Waals surface area (Å²) in [4.78, 5) is 12.0. The van der Waals surface area contributed by atoms with Crippen LogP contribution >= 0.6 is 0 Å². The maximum atomic E-state index is 12.0. The van der Waals surface area contributed by atoms with Crippen molar-refractivity contribution in [1.82, 2.24) is 5.32 Å². The molecule has 1 atom stereocenters. The van der Waals surface area contributed by atoms with Crippen molar-refractivity contribution in [1.29, 1.82) is 0 Å². The van der Waals surface area contributed by atoms with Crippen LogP contribution in [0, 0.1) is 13.8 Å². The minimum atomic E-state index is -0.255. The van der Waals surface area contributed by atoms with E-state index < -0.39 is 0 Å². The Hall–Kier alpha value is -2.27. The maximum Gasteiger partial charge on any atom is 0.319 e. The van der Waals surface area contributed by atoms with E-state index in [9.17, 15) is 4.79 Å². The first-order chi connectivity index (χ1) is 9.99. The predicted octanol–water partition coefficient (Wildman–Crippen LogP) is 3.24. The van der Waals surface area contributed by atoms with Gasteiger partial charge in [0, 0.05) is 17.8 Å². The van der Waals surface area contributed by atoms with Crippen LogP contribution in [0.5, 0.6) is 0 Å². The molecule has 0 aliphatic rings. The first-order valence-electron chi connectivity index (χ1n) is 6.93. The normalized spacial score (nSPS) is 12.0. The van der Waals surface area contributed by atoms with Crippen molar-refractivity contribution in [2.24, 2.45) is 5.73 Å². The minimum Gasteiger partial charge on any atom is -0.466 e. The topological polar surface area (TPSA) is 80.3 Å². The molecule has 5 heteroatoms. The summed E-state index contributed by atoms with van der Waals surface area (Å²) in [7, 11) is 0. The highest BCUT2D eigenvalue weighted by molar-refractivity contribution is 5.89. The average Bonchev–Trinajstić information content (AvgIpc) is 2.77. The number of benzene rings is 1. The molecule has 2 aromatic rings. The number of carbonyl (C=O) groups is 1. The lowest BCUT2D eigenvalue weighted by atomic mass is 10.1. The van der Waals surface area contributed by atoms with Gasteiger partial charge in [-0.15, -0.1) is 0 Å². The van der Waals surface area contributed by atoms with Crippen LogP contribution in [0.4, 0.5) is 10.5 Å². The number of hydrogen-bond donors (Lipinski definition) is 3. The molecule has 1 heterocycles. The Balaban J connectivity index is 1.99. The first-order valence-corrected chi connectivity index (χ1v) is 6.93. The molecule has 0 spiro atoms. The zero-order valence-electron chi connectivity index (χ0n) is 12.6. The lowest BCUT2D eigenvalue weighted by Crippen LogP contribution is -2.31. The van der Waals surface area contributed by atoms with E-state index in [1.807, 2.05) is 51.1 Å². The maximum absolute atomic E-state index is 12.0. The number of nitrogens with two attached hydrogens (primary N) is 1. The van der Waals surface area contributed by atoms with Gasteiger partial charge < -0.3 is 20.8 Å². The number of hydrogen-bond acceptors (Lipinski definition) is 3. The van der Waals surface area contributed by atoms with Gasteiger partial charge in [-0.3, -0.25) is 0 Å². The van der Waals surface area contributed by atoms with Gasteiger partial charge in [0.15, 0.2) is 0 Å². The Labute approximate surface area is 124 Å². The van der Waals surface area contributed by atoms with Gasteiger partial charge in [0.2, 0.25) is 0 Å². The first kappa shape index (κ1) is 15.1. The summed E-state index contributed by atoms with van der Waals surface area (Å²) >= 11 is 0. The van der Waals surface area contributed by atoms with Gasteiger partial charge in [0.1, 0.15) is 11.5 Å². The second-order valence-electron chi connectivity index (χ2n) is 5.09. The molecule has 0 aliphatic carbocycles. The van der Waals surface area contributed by atoms with Crippen molar-refractivity contribution in [2.75, 3.05) is 5.32 Å². The zero-order chi connectivity index (χ0) is 15.4. The number of aryl methyl sites for hydroxylation is 2. The van der Waals surface area contributed by atoms with Crippen LogP contribution < -0.4 is 16.4 Å². The molecular formula is C16H21N3O2. The van der Waals surface area contributed by atoms with Crippen LogP contribution in [0.2, 0.25) is 0 Å². The summed E-state index contributed by atoms with van der Waals surface area (Å²) in [5, 5.41) is 5.70. The fourth-order valence-electron chi connectivity index (χ4n) is 2.30. The third-order valence-electron chi connectivity index (χ3n) is 3.31. The van der Waals surface area contributed by atoms with Crippen molar-refractivity contribution in [3.8, 4) is 0 Å². The van der Waals surface area contributed by atoms with E-state index in [0.717, 1.165) is 28.3 Å². The molecule has 0 aliphatic heterocycles. The molecule has 112 valence electrons. The molecule has 1 aromatic heterocycles. The quantitative estimate of drug-likeness (QED) is 0.807. The minimum absolute atomic E-state index is 0.125. The molecular weight excluding hydrogens is 266 g/mol. The summed E-state index contributed by atoms with van der Waals surface area (Å²) in [6.45, 7) is 6.15. The highest BCUT2D eigenvalue weighted by atomic mass is 16.3. The van der Waals surface area contributed by atoms with Gasteiger partial charge in [0.05, 0.1) is 6.04 Å². The van der Waals surface area contributed by atoms with Crippen LogP contribution in [0.15, 0.2) is 34.7 Å². The number of rotatable bonds is 4. The predicted molar refractivity (Wildman–Crippen MR) is 83.1 cm³/mol. The molecule has 2 rings (SSSR count). The van der Waals surface area contributed by atoms with Crippen molar-refractivity contribution in [3.63, 3.8) is 0 Å². The second kappa shape index (κ2) is 6.45. The smallest absolute Gasteiger partial charge is 0.319 e. The number of carbonyl (C=O) groups excluding carboxylic acids is 1. The van der Waals surface area contributed by atoms with Gasteiger partial charge in [-0.1, -0.05) is 12.1 Å². The molecule has 1 unspecified atom stereocenters. The third kappa shape index (κ3) is 3.86. The van der Waals surface area contributed by atoms with Crippen molar-refractivity contribution >= 4 is 11.7 Å². The van der Waals surface area contributed by atoms with Crippen LogP contribution in [0.25, 0.3) is 0 Å². The molecule has 0 fully saturated rings. The van der Waals surface area contributed by atoms with E-state index in [1.54, 1.807) is 0 Å². The van der Waals surface area contributed by atoms with Gasteiger partial charge in [0.25, 0.3) is 0 Å². The molecule has 1 aromatic carbocycles. The Kier molecular flexibility index (Phi) is 4.65. The van der Waals surface area contributed by atoms with Crippen molar-refractivity contribution in [2.45, 2.75) is 33.4 Å². The second-order valence-corrected chi connectivity index (χ2v) is 5.09. The standard InChI is InChI=1S/C16H21N3O2/c1-10-7-15(12(3)21-10)11(2)18-16(20)19-14-6-4-5-13(8-14)9-17/h4-8,11H,9,17H2,1-3H3,(H2,18,19,20). The molecule has 2 amide bonds. The van der Waals surface area contributed by atoms with Gasteiger partial charge in [-0.2, -0.15) is 0 Å². The van der Waals surface area contributed by atoms with Crippen molar-refractivity contribution in [3.05, 3.63) is 53.0 Å². The van der Waals surface area contributed by atoms with E-state index in [1.165, 1.54) is 0 Å².